The molecule has 4 nitrogen and oxygen atoms in total. The van der Waals surface area contributed by atoms with Crippen LogP contribution < -0.4 is 15.5 Å². The number of halogens is 1. The molecule has 2 aliphatic rings. The summed E-state index contributed by atoms with van der Waals surface area (Å²) in [5.74, 6) is 0.712. The van der Waals surface area contributed by atoms with Gasteiger partial charge in [0.25, 0.3) is 0 Å². The molecule has 1 saturated heterocycles. The van der Waals surface area contributed by atoms with E-state index in [1.165, 1.54) is 34.0 Å². The molecule has 4 rings (SSSR count). The van der Waals surface area contributed by atoms with E-state index in [2.05, 4.69) is 64.1 Å². The number of carbonyl (C=O) groups excluding carboxylic acids is 1. The van der Waals surface area contributed by atoms with E-state index in [9.17, 15) is 4.79 Å². The largest absolute Gasteiger partial charge is 0.356 e. The van der Waals surface area contributed by atoms with E-state index in [1.54, 1.807) is 11.8 Å². The molecule has 27 heavy (non-hydrogen) atoms. The summed E-state index contributed by atoms with van der Waals surface area (Å²) in [6.07, 6.45) is 2.92. The SMILES string of the molecule is Cl.O=C(CCN1c2ccccc2Sc2ccccc21)NCC1CCCNC1. The van der Waals surface area contributed by atoms with E-state index in [4.69, 9.17) is 0 Å². The Bertz CT molecular complexity index is 734. The van der Waals surface area contributed by atoms with Gasteiger partial charge in [-0.2, -0.15) is 0 Å². The van der Waals surface area contributed by atoms with Crippen molar-refractivity contribution in [2.24, 2.45) is 5.92 Å². The molecule has 2 heterocycles. The zero-order chi connectivity index (χ0) is 17.8. The minimum absolute atomic E-state index is 0. The van der Waals surface area contributed by atoms with Crippen LogP contribution in [0.25, 0.3) is 0 Å². The fourth-order valence-electron chi connectivity index (χ4n) is 3.68. The lowest BCUT2D eigenvalue weighted by molar-refractivity contribution is -0.121. The third kappa shape index (κ3) is 4.78. The van der Waals surface area contributed by atoms with Crippen molar-refractivity contribution in [2.75, 3.05) is 31.1 Å². The second kappa shape index (κ2) is 9.49. The molecule has 0 bridgehead atoms. The monoisotopic (exact) mass is 403 g/mol. The van der Waals surface area contributed by atoms with Crippen molar-refractivity contribution >= 4 is 41.5 Å². The highest BCUT2D eigenvalue weighted by atomic mass is 35.5. The van der Waals surface area contributed by atoms with Gasteiger partial charge >= 0.3 is 0 Å². The lowest BCUT2D eigenvalue weighted by Gasteiger charge is -2.32. The summed E-state index contributed by atoms with van der Waals surface area (Å²) in [5.41, 5.74) is 2.39. The highest BCUT2D eigenvalue weighted by Crippen LogP contribution is 2.47. The summed E-state index contributed by atoms with van der Waals surface area (Å²) < 4.78 is 0. The van der Waals surface area contributed by atoms with Gasteiger partial charge in [-0.1, -0.05) is 36.0 Å². The average Bonchev–Trinajstić information content (AvgIpc) is 2.70. The highest BCUT2D eigenvalue weighted by Gasteiger charge is 2.23. The van der Waals surface area contributed by atoms with E-state index in [0.29, 0.717) is 18.9 Å². The molecule has 0 aromatic heterocycles. The van der Waals surface area contributed by atoms with Gasteiger partial charge in [-0.3, -0.25) is 4.79 Å². The first-order valence-electron chi connectivity index (χ1n) is 9.42. The fourth-order valence-corrected chi connectivity index (χ4v) is 4.78. The Hall–Kier alpha value is -1.69. The molecule has 2 aromatic rings. The number of carbonyl (C=O) groups is 1. The van der Waals surface area contributed by atoms with Crippen LogP contribution in [0.15, 0.2) is 58.3 Å². The van der Waals surface area contributed by atoms with Gasteiger partial charge in [0.15, 0.2) is 0 Å². The van der Waals surface area contributed by atoms with Gasteiger partial charge in [0.05, 0.1) is 11.4 Å². The van der Waals surface area contributed by atoms with Crippen molar-refractivity contribution in [3.8, 4) is 0 Å². The fraction of sp³-hybridized carbons (Fsp3) is 0.381. The Balaban J connectivity index is 0.00000210. The molecule has 0 saturated carbocycles. The lowest BCUT2D eigenvalue weighted by atomic mass is 10.00. The van der Waals surface area contributed by atoms with Crippen LogP contribution in [0, 0.1) is 5.92 Å². The number of fused-ring (bicyclic) bond motifs is 2. The van der Waals surface area contributed by atoms with Crippen LogP contribution in [-0.4, -0.2) is 32.1 Å². The second-order valence-electron chi connectivity index (χ2n) is 6.96. The van der Waals surface area contributed by atoms with Crippen LogP contribution in [0.5, 0.6) is 0 Å². The lowest BCUT2D eigenvalue weighted by Crippen LogP contribution is -2.38. The Labute approximate surface area is 171 Å². The predicted octanol–water partition coefficient (Wildman–Crippen LogP) is 4.22. The number of rotatable bonds is 5. The van der Waals surface area contributed by atoms with Gasteiger partial charge in [-0.15, -0.1) is 12.4 Å². The molecule has 1 unspecified atom stereocenters. The molecule has 1 fully saturated rings. The van der Waals surface area contributed by atoms with Crippen LogP contribution in [0.2, 0.25) is 0 Å². The van der Waals surface area contributed by atoms with Gasteiger partial charge < -0.3 is 15.5 Å². The molecule has 2 N–H and O–H groups in total. The first kappa shape index (κ1) is 20.1. The number of hydrogen-bond acceptors (Lipinski definition) is 4. The Kier molecular flexibility index (Phi) is 7.05. The predicted molar refractivity (Wildman–Crippen MR) is 114 cm³/mol. The van der Waals surface area contributed by atoms with E-state index >= 15 is 0 Å². The summed E-state index contributed by atoms with van der Waals surface area (Å²) in [6, 6.07) is 16.9. The Morgan fingerprint density at radius 3 is 2.41 bits per heavy atom. The van der Waals surface area contributed by atoms with Crippen molar-refractivity contribution < 1.29 is 4.79 Å². The topological polar surface area (TPSA) is 44.4 Å². The molecule has 6 heteroatoms. The molecule has 2 aliphatic heterocycles. The molecule has 1 atom stereocenters. The van der Waals surface area contributed by atoms with E-state index in [-0.39, 0.29) is 18.3 Å². The third-order valence-corrected chi connectivity index (χ3v) is 6.21. The van der Waals surface area contributed by atoms with Crippen molar-refractivity contribution in [3.05, 3.63) is 48.5 Å². The average molecular weight is 404 g/mol. The van der Waals surface area contributed by atoms with Crippen LogP contribution >= 0.6 is 24.2 Å². The van der Waals surface area contributed by atoms with Gasteiger partial charge in [0.2, 0.25) is 5.91 Å². The number of anilines is 2. The number of piperidine rings is 1. The maximum absolute atomic E-state index is 12.4. The van der Waals surface area contributed by atoms with Crippen LogP contribution in [0.3, 0.4) is 0 Å². The van der Waals surface area contributed by atoms with Gasteiger partial charge in [0.1, 0.15) is 0 Å². The summed E-state index contributed by atoms with van der Waals surface area (Å²) in [4.78, 5) is 17.2. The van der Waals surface area contributed by atoms with E-state index in [1.807, 2.05) is 0 Å². The zero-order valence-corrected chi connectivity index (χ0v) is 17.0. The Morgan fingerprint density at radius 2 is 1.78 bits per heavy atom. The number of nitrogens with one attached hydrogen (secondary N) is 2. The Morgan fingerprint density at radius 1 is 1.11 bits per heavy atom. The molecular weight excluding hydrogens is 378 g/mol. The van der Waals surface area contributed by atoms with Crippen LogP contribution in [0.1, 0.15) is 19.3 Å². The van der Waals surface area contributed by atoms with Gasteiger partial charge in [-0.25, -0.2) is 0 Å². The standard InChI is InChI=1S/C21H25N3OS.ClH/c25-21(23-15-16-6-5-12-22-14-16)11-13-24-17-7-1-3-9-19(17)26-20-10-4-2-8-18(20)24;/h1-4,7-10,16,22H,5-6,11-15H2,(H,23,25);1H. The number of para-hydroxylation sites is 2. The van der Waals surface area contributed by atoms with Gasteiger partial charge in [0, 0.05) is 29.3 Å². The summed E-state index contributed by atoms with van der Waals surface area (Å²) in [6.45, 7) is 3.61. The molecule has 0 radical (unpaired) electrons. The molecular formula is C21H26ClN3OS. The maximum Gasteiger partial charge on any atom is 0.221 e. The first-order chi connectivity index (χ1) is 12.8. The first-order valence-corrected chi connectivity index (χ1v) is 10.2. The minimum Gasteiger partial charge on any atom is -0.356 e. The van der Waals surface area contributed by atoms with Crippen molar-refractivity contribution in [3.63, 3.8) is 0 Å². The van der Waals surface area contributed by atoms with Crippen molar-refractivity contribution in [1.29, 1.82) is 0 Å². The number of amides is 1. The molecule has 1 amide bonds. The quantitative estimate of drug-likeness (QED) is 0.784. The highest BCUT2D eigenvalue weighted by molar-refractivity contribution is 7.99. The number of benzene rings is 2. The summed E-state index contributed by atoms with van der Waals surface area (Å²) >= 11 is 1.80. The van der Waals surface area contributed by atoms with E-state index < -0.39 is 0 Å². The normalized spacial score (nSPS) is 18.1. The number of nitrogens with zero attached hydrogens (tertiary/aromatic N) is 1. The maximum atomic E-state index is 12.4. The zero-order valence-electron chi connectivity index (χ0n) is 15.3. The minimum atomic E-state index is 0. The molecule has 144 valence electrons. The molecule has 0 spiro atoms. The molecule has 0 aliphatic carbocycles. The smallest absolute Gasteiger partial charge is 0.221 e. The van der Waals surface area contributed by atoms with Crippen molar-refractivity contribution in [2.45, 2.75) is 29.1 Å². The van der Waals surface area contributed by atoms with Crippen LogP contribution in [-0.2, 0) is 4.79 Å². The van der Waals surface area contributed by atoms with Crippen molar-refractivity contribution in [1.82, 2.24) is 10.6 Å². The molecule has 2 aromatic carbocycles. The number of hydrogen-bond donors (Lipinski definition) is 2. The second-order valence-corrected chi connectivity index (χ2v) is 8.04. The summed E-state index contributed by atoms with van der Waals surface area (Å²) in [7, 11) is 0. The van der Waals surface area contributed by atoms with E-state index in [0.717, 1.165) is 19.6 Å². The summed E-state index contributed by atoms with van der Waals surface area (Å²) in [5, 5.41) is 6.53. The van der Waals surface area contributed by atoms with Crippen LogP contribution in [0.4, 0.5) is 11.4 Å². The van der Waals surface area contributed by atoms with Gasteiger partial charge in [-0.05, 0) is 56.1 Å². The third-order valence-electron chi connectivity index (χ3n) is 5.08.